The Morgan fingerprint density at radius 2 is 1.96 bits per heavy atom. The van der Waals surface area contributed by atoms with Crippen LogP contribution >= 0.6 is 0 Å². The molecule has 6 heteroatoms. The number of morpholine rings is 1. The van der Waals surface area contributed by atoms with Crippen molar-refractivity contribution in [3.05, 3.63) is 52.3 Å². The lowest BCUT2D eigenvalue weighted by atomic mass is 10.0. The Labute approximate surface area is 147 Å². The van der Waals surface area contributed by atoms with Crippen molar-refractivity contribution < 1.29 is 4.74 Å². The lowest BCUT2D eigenvalue weighted by molar-refractivity contribution is 0.122. The monoisotopic (exact) mass is 340 g/mol. The average Bonchev–Trinajstić information content (AvgIpc) is 3.11. The van der Waals surface area contributed by atoms with E-state index in [0.717, 1.165) is 44.7 Å². The van der Waals surface area contributed by atoms with Gasteiger partial charge in [-0.15, -0.1) is 0 Å². The first-order valence-corrected chi connectivity index (χ1v) is 9.04. The van der Waals surface area contributed by atoms with Crippen LogP contribution in [0.15, 0.2) is 41.2 Å². The largest absolute Gasteiger partial charge is 0.378 e. The van der Waals surface area contributed by atoms with Gasteiger partial charge in [0.1, 0.15) is 5.82 Å². The first kappa shape index (κ1) is 16.1. The molecule has 6 nitrogen and oxygen atoms in total. The number of nitrogens with one attached hydrogen (secondary N) is 1. The Bertz CT molecular complexity index is 756. The predicted molar refractivity (Wildman–Crippen MR) is 98.4 cm³/mol. The number of benzene rings is 1. The minimum Gasteiger partial charge on any atom is -0.378 e. The van der Waals surface area contributed by atoms with Gasteiger partial charge >= 0.3 is 0 Å². The molecule has 0 aliphatic carbocycles. The van der Waals surface area contributed by atoms with E-state index in [1.807, 2.05) is 6.07 Å². The van der Waals surface area contributed by atoms with Crippen LogP contribution in [0, 0.1) is 0 Å². The number of hydrogen-bond acceptors (Lipinski definition) is 5. The standard InChI is InChI=1S/C19H24N4O2/c24-18-14-17(22-9-11-25-12-10-22)20-19(21-18)23-8-4-7-16(23)13-15-5-2-1-3-6-15/h1-3,5-6,14,16H,4,7-13H2,(H,20,21,24)/t16-/m0/s1. The normalized spacial score (nSPS) is 20.9. The molecule has 2 aromatic rings. The summed E-state index contributed by atoms with van der Waals surface area (Å²) >= 11 is 0. The maximum absolute atomic E-state index is 12.2. The van der Waals surface area contributed by atoms with E-state index < -0.39 is 0 Å². The fourth-order valence-electron chi connectivity index (χ4n) is 3.74. The number of aromatic nitrogens is 2. The van der Waals surface area contributed by atoms with Crippen molar-refractivity contribution >= 4 is 11.8 Å². The summed E-state index contributed by atoms with van der Waals surface area (Å²) in [5.41, 5.74) is 1.24. The molecule has 4 rings (SSSR count). The van der Waals surface area contributed by atoms with Crippen LogP contribution in [0.25, 0.3) is 0 Å². The van der Waals surface area contributed by atoms with E-state index in [9.17, 15) is 4.79 Å². The van der Waals surface area contributed by atoms with Gasteiger partial charge in [-0.3, -0.25) is 9.78 Å². The third kappa shape index (κ3) is 3.69. The predicted octanol–water partition coefficient (Wildman–Crippen LogP) is 1.82. The molecule has 0 unspecified atom stereocenters. The highest BCUT2D eigenvalue weighted by molar-refractivity contribution is 5.45. The molecule has 1 N–H and O–H groups in total. The number of H-pyrrole nitrogens is 1. The maximum atomic E-state index is 12.2. The molecule has 1 aromatic carbocycles. The van der Waals surface area contributed by atoms with Crippen LogP contribution in [0.2, 0.25) is 0 Å². The zero-order valence-electron chi connectivity index (χ0n) is 14.4. The number of ether oxygens (including phenoxy) is 1. The molecule has 2 aliphatic rings. The first-order chi connectivity index (χ1) is 12.3. The van der Waals surface area contributed by atoms with E-state index in [-0.39, 0.29) is 5.56 Å². The highest BCUT2D eigenvalue weighted by Crippen LogP contribution is 2.26. The van der Waals surface area contributed by atoms with Crippen molar-refractivity contribution in [3.8, 4) is 0 Å². The van der Waals surface area contributed by atoms with Gasteiger partial charge < -0.3 is 14.5 Å². The molecule has 2 saturated heterocycles. The quantitative estimate of drug-likeness (QED) is 0.920. The smallest absolute Gasteiger partial charge is 0.254 e. The minimum absolute atomic E-state index is 0.0862. The summed E-state index contributed by atoms with van der Waals surface area (Å²) in [6.07, 6.45) is 3.23. The zero-order chi connectivity index (χ0) is 17.1. The lowest BCUT2D eigenvalue weighted by Crippen LogP contribution is -2.39. The fraction of sp³-hybridized carbons (Fsp3) is 0.474. The van der Waals surface area contributed by atoms with Gasteiger partial charge in [0, 0.05) is 31.7 Å². The van der Waals surface area contributed by atoms with Crippen molar-refractivity contribution in [2.75, 3.05) is 42.6 Å². The molecule has 0 radical (unpaired) electrons. The Balaban J connectivity index is 1.57. The third-order valence-corrected chi connectivity index (χ3v) is 5.01. The zero-order valence-corrected chi connectivity index (χ0v) is 14.4. The van der Waals surface area contributed by atoms with Crippen molar-refractivity contribution in [1.82, 2.24) is 9.97 Å². The van der Waals surface area contributed by atoms with Crippen LogP contribution in [0.5, 0.6) is 0 Å². The number of rotatable bonds is 4. The lowest BCUT2D eigenvalue weighted by Gasteiger charge is -2.30. The van der Waals surface area contributed by atoms with Crippen LogP contribution in [-0.2, 0) is 11.2 Å². The minimum atomic E-state index is -0.0862. The molecular formula is C19H24N4O2. The molecule has 3 heterocycles. The van der Waals surface area contributed by atoms with Gasteiger partial charge in [-0.1, -0.05) is 30.3 Å². The van der Waals surface area contributed by atoms with Crippen molar-refractivity contribution in [2.45, 2.75) is 25.3 Å². The molecule has 2 fully saturated rings. The van der Waals surface area contributed by atoms with E-state index in [1.54, 1.807) is 6.07 Å². The van der Waals surface area contributed by atoms with E-state index in [0.29, 0.717) is 25.2 Å². The molecule has 0 bridgehead atoms. The van der Waals surface area contributed by atoms with Crippen LogP contribution in [-0.4, -0.2) is 48.9 Å². The Morgan fingerprint density at radius 3 is 2.76 bits per heavy atom. The Morgan fingerprint density at radius 1 is 1.16 bits per heavy atom. The fourth-order valence-corrected chi connectivity index (χ4v) is 3.74. The van der Waals surface area contributed by atoms with Gasteiger partial charge in [0.25, 0.3) is 5.56 Å². The Kier molecular flexibility index (Phi) is 4.70. The second kappa shape index (κ2) is 7.27. The molecule has 2 aliphatic heterocycles. The first-order valence-electron chi connectivity index (χ1n) is 9.04. The third-order valence-electron chi connectivity index (χ3n) is 5.01. The SMILES string of the molecule is O=c1cc(N2CCOCC2)nc(N2CCC[C@H]2Cc2ccccc2)[nH]1. The second-order valence-electron chi connectivity index (χ2n) is 6.71. The topological polar surface area (TPSA) is 61.5 Å². The van der Waals surface area contributed by atoms with Crippen molar-refractivity contribution in [1.29, 1.82) is 0 Å². The summed E-state index contributed by atoms with van der Waals surface area (Å²) in [5, 5.41) is 0. The molecule has 1 atom stereocenters. The molecular weight excluding hydrogens is 316 g/mol. The van der Waals surface area contributed by atoms with Crippen molar-refractivity contribution in [2.24, 2.45) is 0 Å². The van der Waals surface area contributed by atoms with Gasteiger partial charge in [-0.2, -0.15) is 4.98 Å². The summed E-state index contributed by atoms with van der Waals surface area (Å²) in [7, 11) is 0. The number of anilines is 2. The summed E-state index contributed by atoms with van der Waals surface area (Å²) in [5.74, 6) is 1.46. The second-order valence-corrected chi connectivity index (χ2v) is 6.71. The molecule has 0 spiro atoms. The van der Waals surface area contributed by atoms with E-state index >= 15 is 0 Å². The van der Waals surface area contributed by atoms with Crippen LogP contribution in [0.1, 0.15) is 18.4 Å². The average molecular weight is 340 g/mol. The number of aromatic amines is 1. The van der Waals surface area contributed by atoms with Crippen LogP contribution in [0.3, 0.4) is 0 Å². The summed E-state index contributed by atoms with van der Waals surface area (Å²) in [6, 6.07) is 12.5. The van der Waals surface area contributed by atoms with Gasteiger partial charge in [0.15, 0.2) is 0 Å². The molecule has 0 saturated carbocycles. The van der Waals surface area contributed by atoms with Gasteiger partial charge in [0.2, 0.25) is 5.95 Å². The van der Waals surface area contributed by atoms with Gasteiger partial charge in [-0.25, -0.2) is 0 Å². The van der Waals surface area contributed by atoms with Crippen LogP contribution < -0.4 is 15.4 Å². The van der Waals surface area contributed by atoms with Gasteiger partial charge in [0.05, 0.1) is 13.2 Å². The van der Waals surface area contributed by atoms with Crippen molar-refractivity contribution in [3.63, 3.8) is 0 Å². The molecule has 0 amide bonds. The molecule has 25 heavy (non-hydrogen) atoms. The maximum Gasteiger partial charge on any atom is 0.254 e. The molecule has 132 valence electrons. The highest BCUT2D eigenvalue weighted by atomic mass is 16.5. The van der Waals surface area contributed by atoms with E-state index in [2.05, 4.69) is 39.0 Å². The summed E-state index contributed by atoms with van der Waals surface area (Å²) in [4.78, 5) is 24.3. The van der Waals surface area contributed by atoms with Gasteiger partial charge in [-0.05, 0) is 24.8 Å². The Hall–Kier alpha value is -2.34. The van der Waals surface area contributed by atoms with E-state index in [4.69, 9.17) is 9.72 Å². The molecule has 1 aromatic heterocycles. The summed E-state index contributed by atoms with van der Waals surface area (Å²) < 4.78 is 5.40. The van der Waals surface area contributed by atoms with E-state index in [1.165, 1.54) is 5.56 Å². The number of nitrogens with zero attached hydrogens (tertiary/aromatic N) is 3. The number of hydrogen-bond donors (Lipinski definition) is 1. The van der Waals surface area contributed by atoms with Crippen LogP contribution in [0.4, 0.5) is 11.8 Å². The summed E-state index contributed by atoms with van der Waals surface area (Å²) in [6.45, 7) is 3.87. The highest BCUT2D eigenvalue weighted by Gasteiger charge is 2.27.